The second-order valence-corrected chi connectivity index (χ2v) is 5.36. The monoisotopic (exact) mass is 199 g/mol. The van der Waals surface area contributed by atoms with Crippen molar-refractivity contribution in [3.05, 3.63) is 0 Å². The summed E-state index contributed by atoms with van der Waals surface area (Å²) in [4.78, 5) is 23.2. The van der Waals surface area contributed by atoms with Crippen LogP contribution >= 0.6 is 0 Å². The molecule has 0 atom stereocenters. The van der Waals surface area contributed by atoms with Gasteiger partial charge in [-0.05, 0) is 0 Å². The lowest BCUT2D eigenvalue weighted by Gasteiger charge is -2.23. The molecule has 0 amide bonds. The van der Waals surface area contributed by atoms with Crippen molar-refractivity contribution in [2.75, 3.05) is 6.54 Å². The fourth-order valence-electron chi connectivity index (χ4n) is 0.764. The highest BCUT2D eigenvalue weighted by molar-refractivity contribution is 6.03. The molecule has 0 aromatic rings. The predicted octanol–water partition coefficient (Wildman–Crippen LogP) is 1.55. The first-order valence-electron chi connectivity index (χ1n) is 4.88. The summed E-state index contributed by atoms with van der Waals surface area (Å²) in [7, 11) is 0. The summed E-state index contributed by atoms with van der Waals surface area (Å²) in [6.45, 7) is 9.27. The third-order valence-electron chi connectivity index (χ3n) is 2.42. The van der Waals surface area contributed by atoms with E-state index in [1.807, 2.05) is 20.8 Å². The normalized spacial score (nSPS) is 12.7. The van der Waals surface area contributed by atoms with E-state index in [1.165, 1.54) is 0 Å². The van der Waals surface area contributed by atoms with Gasteiger partial charge in [-0.3, -0.25) is 9.59 Å². The summed E-state index contributed by atoms with van der Waals surface area (Å²) in [6, 6.07) is 0. The second-order valence-electron chi connectivity index (χ2n) is 5.36. The van der Waals surface area contributed by atoms with Gasteiger partial charge < -0.3 is 5.73 Å². The van der Waals surface area contributed by atoms with E-state index in [2.05, 4.69) is 0 Å². The molecule has 0 rings (SSSR count). The quantitative estimate of drug-likeness (QED) is 0.699. The van der Waals surface area contributed by atoms with Crippen LogP contribution in [0.1, 0.15) is 41.0 Å². The number of hydrogen-bond acceptors (Lipinski definition) is 3. The van der Waals surface area contributed by atoms with Crippen molar-refractivity contribution < 1.29 is 9.59 Å². The van der Waals surface area contributed by atoms with Gasteiger partial charge in [-0.15, -0.1) is 0 Å². The molecule has 0 aliphatic carbocycles. The summed E-state index contributed by atoms with van der Waals surface area (Å²) in [5.41, 5.74) is 4.43. The maximum absolute atomic E-state index is 11.7. The molecule has 0 saturated heterocycles. The van der Waals surface area contributed by atoms with Gasteiger partial charge >= 0.3 is 0 Å². The van der Waals surface area contributed by atoms with Crippen LogP contribution in [-0.4, -0.2) is 18.1 Å². The molecule has 82 valence electrons. The molecule has 0 bridgehead atoms. The van der Waals surface area contributed by atoms with E-state index < -0.39 is 10.8 Å². The molecular formula is C11H21NO2. The van der Waals surface area contributed by atoms with Crippen molar-refractivity contribution in [3.8, 4) is 0 Å². The van der Waals surface area contributed by atoms with E-state index >= 15 is 0 Å². The van der Waals surface area contributed by atoms with Gasteiger partial charge in [0.15, 0.2) is 0 Å². The Morgan fingerprint density at radius 2 is 1.43 bits per heavy atom. The highest BCUT2D eigenvalue weighted by atomic mass is 16.1. The van der Waals surface area contributed by atoms with Gasteiger partial charge in [-0.25, -0.2) is 0 Å². The van der Waals surface area contributed by atoms with Crippen LogP contribution in [0.5, 0.6) is 0 Å². The predicted molar refractivity (Wildman–Crippen MR) is 56.9 cm³/mol. The Morgan fingerprint density at radius 3 is 1.71 bits per heavy atom. The Balaban J connectivity index is 4.43. The van der Waals surface area contributed by atoms with Gasteiger partial charge in [0.25, 0.3) is 0 Å². The minimum absolute atomic E-state index is 0.00625. The van der Waals surface area contributed by atoms with Crippen molar-refractivity contribution in [1.29, 1.82) is 0 Å². The molecule has 14 heavy (non-hydrogen) atoms. The van der Waals surface area contributed by atoms with Crippen LogP contribution in [-0.2, 0) is 9.59 Å². The van der Waals surface area contributed by atoms with Gasteiger partial charge in [0.1, 0.15) is 11.6 Å². The van der Waals surface area contributed by atoms with Gasteiger partial charge in [0.05, 0.1) is 6.42 Å². The van der Waals surface area contributed by atoms with Crippen molar-refractivity contribution in [2.24, 2.45) is 16.6 Å². The highest BCUT2D eigenvalue weighted by Gasteiger charge is 2.31. The largest absolute Gasteiger partial charge is 0.329 e. The topological polar surface area (TPSA) is 60.2 Å². The zero-order valence-electron chi connectivity index (χ0n) is 9.81. The molecule has 0 unspecified atom stereocenters. The molecular weight excluding hydrogens is 178 g/mol. The Bertz CT molecular complexity index is 236. The van der Waals surface area contributed by atoms with E-state index in [4.69, 9.17) is 5.73 Å². The van der Waals surface area contributed by atoms with Crippen LogP contribution in [0.2, 0.25) is 0 Å². The van der Waals surface area contributed by atoms with E-state index in [9.17, 15) is 9.59 Å². The van der Waals surface area contributed by atoms with Crippen LogP contribution in [0.3, 0.4) is 0 Å². The van der Waals surface area contributed by atoms with Crippen LogP contribution < -0.4 is 5.73 Å². The van der Waals surface area contributed by atoms with Crippen LogP contribution in [0.15, 0.2) is 0 Å². The third-order valence-corrected chi connectivity index (χ3v) is 2.42. The smallest absolute Gasteiger partial charge is 0.147 e. The van der Waals surface area contributed by atoms with Crippen LogP contribution in [0.25, 0.3) is 0 Å². The van der Waals surface area contributed by atoms with Gasteiger partial charge in [-0.2, -0.15) is 0 Å². The summed E-state index contributed by atoms with van der Waals surface area (Å²) in [6.07, 6.45) is -0.00625. The number of carbonyl (C=O) groups is 2. The molecule has 0 aromatic carbocycles. The Labute approximate surface area is 86.1 Å². The molecule has 0 saturated carbocycles. The molecule has 0 aliphatic heterocycles. The van der Waals surface area contributed by atoms with Crippen molar-refractivity contribution in [3.63, 3.8) is 0 Å². The Morgan fingerprint density at radius 1 is 1.00 bits per heavy atom. The average Bonchev–Trinajstić information content (AvgIpc) is 2.02. The Kier molecular flexibility index (Phi) is 4.01. The maximum atomic E-state index is 11.7. The first kappa shape index (κ1) is 13.3. The van der Waals surface area contributed by atoms with Crippen molar-refractivity contribution in [1.82, 2.24) is 0 Å². The minimum Gasteiger partial charge on any atom is -0.329 e. The van der Waals surface area contributed by atoms with E-state index in [1.54, 1.807) is 13.8 Å². The summed E-state index contributed by atoms with van der Waals surface area (Å²) in [5, 5.41) is 0. The number of carbonyl (C=O) groups excluding carboxylic acids is 2. The van der Waals surface area contributed by atoms with E-state index in [0.29, 0.717) is 0 Å². The Hall–Kier alpha value is -0.700. The van der Waals surface area contributed by atoms with Gasteiger partial charge in [0.2, 0.25) is 0 Å². The fourth-order valence-corrected chi connectivity index (χ4v) is 0.764. The SMILES string of the molecule is CC(C)(C)C(=O)CC(=O)C(C)(C)CN. The number of ketones is 2. The molecule has 0 aliphatic rings. The number of Topliss-reactive ketones (excluding diaryl/α,β-unsaturated/α-hetero) is 2. The molecule has 3 heteroatoms. The first-order chi connectivity index (χ1) is 6.11. The summed E-state index contributed by atoms with van der Waals surface area (Å²) >= 11 is 0. The average molecular weight is 199 g/mol. The number of hydrogen-bond donors (Lipinski definition) is 1. The third kappa shape index (κ3) is 3.58. The maximum Gasteiger partial charge on any atom is 0.147 e. The number of rotatable bonds is 4. The first-order valence-corrected chi connectivity index (χ1v) is 4.88. The van der Waals surface area contributed by atoms with Gasteiger partial charge in [-0.1, -0.05) is 34.6 Å². The van der Waals surface area contributed by atoms with E-state index in [0.717, 1.165) is 0 Å². The zero-order valence-corrected chi connectivity index (χ0v) is 9.81. The molecule has 0 radical (unpaired) electrons. The summed E-state index contributed by atoms with van der Waals surface area (Å²) in [5.74, 6) is -0.0936. The molecule has 0 fully saturated rings. The summed E-state index contributed by atoms with van der Waals surface area (Å²) < 4.78 is 0. The van der Waals surface area contributed by atoms with Gasteiger partial charge in [0, 0.05) is 17.4 Å². The molecule has 3 nitrogen and oxygen atoms in total. The zero-order chi connectivity index (χ0) is 11.6. The van der Waals surface area contributed by atoms with Crippen molar-refractivity contribution >= 4 is 11.6 Å². The number of nitrogens with two attached hydrogens (primary N) is 1. The minimum atomic E-state index is -0.582. The molecule has 0 spiro atoms. The van der Waals surface area contributed by atoms with Crippen LogP contribution in [0, 0.1) is 10.8 Å². The molecule has 0 aromatic heterocycles. The molecule has 2 N–H and O–H groups in total. The lowest BCUT2D eigenvalue weighted by atomic mass is 9.81. The fraction of sp³-hybridized carbons (Fsp3) is 0.818. The highest BCUT2D eigenvalue weighted by Crippen LogP contribution is 2.22. The van der Waals surface area contributed by atoms with E-state index in [-0.39, 0.29) is 24.5 Å². The van der Waals surface area contributed by atoms with Crippen molar-refractivity contribution in [2.45, 2.75) is 41.0 Å². The second kappa shape index (κ2) is 4.22. The molecule has 0 heterocycles. The lowest BCUT2D eigenvalue weighted by Crippen LogP contribution is -2.36. The van der Waals surface area contributed by atoms with Crippen LogP contribution in [0.4, 0.5) is 0 Å². The standard InChI is InChI=1S/C11H21NO2/c1-10(2,3)8(13)6-9(14)11(4,5)7-12/h6-7,12H2,1-5H3. The lowest BCUT2D eigenvalue weighted by molar-refractivity contribution is -0.135.